The summed E-state index contributed by atoms with van der Waals surface area (Å²) in [5, 5.41) is 9.93. The average Bonchev–Trinajstić information content (AvgIpc) is 3.37. The number of benzene rings is 2. The van der Waals surface area contributed by atoms with Crippen LogP contribution in [0.4, 0.5) is 0 Å². The fourth-order valence-corrected chi connectivity index (χ4v) is 6.30. The Balaban J connectivity index is 1.38. The minimum atomic E-state index is -3.91. The van der Waals surface area contributed by atoms with Crippen LogP contribution in [-0.4, -0.2) is 67.0 Å². The molecule has 0 bridgehead atoms. The average molecular weight is 444 g/mol. The van der Waals surface area contributed by atoms with Crippen LogP contribution in [0, 0.1) is 5.92 Å². The number of nitrogens with zero attached hydrogens (tertiary/aromatic N) is 2. The van der Waals surface area contributed by atoms with Crippen molar-refractivity contribution in [2.45, 2.75) is 24.8 Å². The van der Waals surface area contributed by atoms with E-state index in [-0.39, 0.29) is 11.8 Å². The first-order valence-corrected chi connectivity index (χ1v) is 12.1. The molecule has 8 heteroatoms. The van der Waals surface area contributed by atoms with Gasteiger partial charge in [-0.2, -0.15) is 17.4 Å². The topological polar surface area (TPSA) is 90.0 Å². The van der Waals surface area contributed by atoms with E-state index in [0.29, 0.717) is 26.2 Å². The van der Waals surface area contributed by atoms with Crippen LogP contribution in [0.1, 0.15) is 24.0 Å². The van der Waals surface area contributed by atoms with Crippen LogP contribution in [0.3, 0.4) is 0 Å². The van der Waals surface area contributed by atoms with Gasteiger partial charge >= 0.3 is 5.97 Å². The molecule has 0 radical (unpaired) electrons. The first kappa shape index (κ1) is 22.0. The van der Waals surface area contributed by atoms with Crippen molar-refractivity contribution < 1.29 is 18.3 Å². The quantitative estimate of drug-likeness (QED) is 0.651. The van der Waals surface area contributed by atoms with Crippen molar-refractivity contribution in [2.75, 3.05) is 32.7 Å². The summed E-state index contributed by atoms with van der Waals surface area (Å²) < 4.78 is 30.1. The zero-order valence-electron chi connectivity index (χ0n) is 17.6. The molecule has 0 aromatic heterocycles. The summed E-state index contributed by atoms with van der Waals surface area (Å²) in [4.78, 5) is 14.4. The Morgan fingerprint density at radius 3 is 2.19 bits per heavy atom. The highest BCUT2D eigenvalue weighted by Crippen LogP contribution is 2.57. The zero-order valence-corrected chi connectivity index (χ0v) is 18.5. The van der Waals surface area contributed by atoms with Gasteiger partial charge in [0.2, 0.25) is 0 Å². The maximum Gasteiger partial charge on any atom is 0.325 e. The highest BCUT2D eigenvalue weighted by atomic mass is 32.2. The smallest absolute Gasteiger partial charge is 0.325 e. The molecule has 1 saturated carbocycles. The molecule has 31 heavy (non-hydrogen) atoms. The van der Waals surface area contributed by atoms with Gasteiger partial charge < -0.3 is 10.0 Å². The molecule has 2 aromatic carbocycles. The molecule has 2 aromatic rings. The fraction of sp³-hybridized carbons (Fsp3) is 0.435. The van der Waals surface area contributed by atoms with Gasteiger partial charge in [-0.15, -0.1) is 0 Å². The Labute approximate surface area is 183 Å². The van der Waals surface area contributed by atoms with E-state index in [4.69, 9.17) is 0 Å². The Bertz CT molecular complexity index is 1010. The van der Waals surface area contributed by atoms with Crippen molar-refractivity contribution in [3.63, 3.8) is 0 Å². The lowest BCUT2D eigenvalue weighted by atomic mass is 10.1. The second-order valence-electron chi connectivity index (χ2n) is 8.43. The SMILES string of the molecule is CC1[C@H](c2ccccc2)[C@]1(NS(=O)(=O)N1CCN(CCc2ccccc2)CC1)C(=O)O. The molecule has 7 nitrogen and oxygen atoms in total. The van der Waals surface area contributed by atoms with Crippen LogP contribution in [-0.2, 0) is 21.4 Å². The number of hydrogen-bond donors (Lipinski definition) is 2. The summed E-state index contributed by atoms with van der Waals surface area (Å²) in [6, 6.07) is 19.5. The molecular weight excluding hydrogens is 414 g/mol. The molecule has 2 N–H and O–H groups in total. The lowest BCUT2D eigenvalue weighted by Gasteiger charge is -2.34. The predicted octanol–water partition coefficient (Wildman–Crippen LogP) is 1.94. The molecule has 2 fully saturated rings. The molecule has 1 heterocycles. The largest absolute Gasteiger partial charge is 0.480 e. The first-order chi connectivity index (χ1) is 14.8. The number of carbonyl (C=O) groups is 1. The van der Waals surface area contributed by atoms with E-state index >= 15 is 0 Å². The normalized spacial score (nSPS) is 27.1. The van der Waals surface area contributed by atoms with Crippen molar-refractivity contribution in [1.82, 2.24) is 13.9 Å². The van der Waals surface area contributed by atoms with Gasteiger partial charge in [-0.25, -0.2) is 0 Å². The number of piperazine rings is 1. The van der Waals surface area contributed by atoms with Crippen LogP contribution >= 0.6 is 0 Å². The van der Waals surface area contributed by atoms with Gasteiger partial charge in [0, 0.05) is 38.6 Å². The summed E-state index contributed by atoms with van der Waals surface area (Å²) >= 11 is 0. The highest BCUT2D eigenvalue weighted by Gasteiger charge is 2.70. The number of carboxylic acids is 1. The number of nitrogens with one attached hydrogen (secondary N) is 1. The first-order valence-electron chi connectivity index (χ1n) is 10.7. The Kier molecular flexibility index (Phi) is 6.16. The van der Waals surface area contributed by atoms with Crippen LogP contribution in [0.15, 0.2) is 60.7 Å². The van der Waals surface area contributed by atoms with Crippen molar-refractivity contribution in [3.8, 4) is 0 Å². The van der Waals surface area contributed by atoms with Gasteiger partial charge in [-0.1, -0.05) is 67.6 Å². The minimum Gasteiger partial charge on any atom is -0.480 e. The molecule has 1 unspecified atom stereocenters. The van der Waals surface area contributed by atoms with Gasteiger partial charge in [-0.3, -0.25) is 4.79 Å². The second-order valence-corrected chi connectivity index (χ2v) is 10.1. The Morgan fingerprint density at radius 1 is 1.03 bits per heavy atom. The van der Waals surface area contributed by atoms with Gasteiger partial charge in [0.05, 0.1) is 0 Å². The molecular formula is C23H29N3O4S. The van der Waals surface area contributed by atoms with Gasteiger partial charge in [0.15, 0.2) is 0 Å². The molecule has 2 aliphatic rings. The van der Waals surface area contributed by atoms with E-state index in [0.717, 1.165) is 18.5 Å². The molecule has 166 valence electrons. The third kappa shape index (κ3) is 4.39. The molecule has 0 amide bonds. The number of aliphatic carboxylic acids is 1. The summed E-state index contributed by atoms with van der Waals surface area (Å²) in [7, 11) is -3.91. The lowest BCUT2D eigenvalue weighted by molar-refractivity contribution is -0.140. The van der Waals surface area contributed by atoms with E-state index in [1.54, 1.807) is 6.92 Å². The van der Waals surface area contributed by atoms with E-state index in [1.165, 1.54) is 9.87 Å². The molecule has 3 atom stereocenters. The Hall–Kier alpha value is -2.26. The summed E-state index contributed by atoms with van der Waals surface area (Å²) in [5.41, 5.74) is 0.605. The van der Waals surface area contributed by atoms with Crippen LogP contribution in [0.5, 0.6) is 0 Å². The van der Waals surface area contributed by atoms with E-state index < -0.39 is 21.7 Å². The monoisotopic (exact) mass is 443 g/mol. The Morgan fingerprint density at radius 2 is 1.61 bits per heavy atom. The second kappa shape index (κ2) is 8.70. The number of rotatable bonds is 8. The molecule has 1 saturated heterocycles. The van der Waals surface area contributed by atoms with Crippen molar-refractivity contribution in [1.29, 1.82) is 0 Å². The lowest BCUT2D eigenvalue weighted by Crippen LogP contribution is -2.56. The van der Waals surface area contributed by atoms with Crippen LogP contribution in [0.2, 0.25) is 0 Å². The maximum absolute atomic E-state index is 13.1. The number of carboxylic acid groups (broad SMARTS) is 1. The van der Waals surface area contributed by atoms with Crippen LogP contribution < -0.4 is 4.72 Å². The van der Waals surface area contributed by atoms with Gasteiger partial charge in [0.25, 0.3) is 10.2 Å². The zero-order chi connectivity index (χ0) is 22.1. The molecule has 1 aliphatic heterocycles. The van der Waals surface area contributed by atoms with Crippen LogP contribution in [0.25, 0.3) is 0 Å². The highest BCUT2D eigenvalue weighted by molar-refractivity contribution is 7.87. The van der Waals surface area contributed by atoms with E-state index in [1.807, 2.05) is 48.5 Å². The minimum absolute atomic E-state index is 0.325. The molecule has 4 rings (SSSR count). The maximum atomic E-state index is 13.1. The third-order valence-electron chi connectivity index (χ3n) is 6.64. The van der Waals surface area contributed by atoms with Crippen molar-refractivity contribution in [2.24, 2.45) is 5.92 Å². The predicted molar refractivity (Wildman–Crippen MR) is 119 cm³/mol. The third-order valence-corrected chi connectivity index (χ3v) is 8.28. The summed E-state index contributed by atoms with van der Waals surface area (Å²) in [6.45, 7) is 4.62. The van der Waals surface area contributed by atoms with Crippen molar-refractivity contribution >= 4 is 16.2 Å². The summed E-state index contributed by atoms with van der Waals surface area (Å²) in [6.07, 6.45) is 0.921. The fourth-order valence-electron chi connectivity index (χ4n) is 4.70. The summed E-state index contributed by atoms with van der Waals surface area (Å²) in [5.74, 6) is -1.83. The van der Waals surface area contributed by atoms with E-state index in [2.05, 4.69) is 21.8 Å². The number of hydrogen-bond acceptors (Lipinski definition) is 4. The standard InChI is InChI=1S/C23H29N3O4S/c1-18-21(20-10-6-3-7-11-20)23(18,22(27)28)24-31(29,30)26-16-14-25(15-17-26)13-12-19-8-4-2-5-9-19/h2-11,18,21,24H,12-17H2,1H3,(H,27,28)/t18?,21-,23+/m1/s1. The molecule has 0 spiro atoms. The van der Waals surface area contributed by atoms with E-state index in [9.17, 15) is 18.3 Å². The van der Waals surface area contributed by atoms with Gasteiger partial charge in [0.1, 0.15) is 5.54 Å². The molecule has 1 aliphatic carbocycles. The van der Waals surface area contributed by atoms with Gasteiger partial charge in [-0.05, 0) is 23.5 Å². The van der Waals surface area contributed by atoms with Crippen molar-refractivity contribution in [3.05, 3.63) is 71.8 Å².